The maximum absolute atomic E-state index is 3.46. The molecular formula is C17H30Cl2N2. The van der Waals surface area contributed by atoms with Crippen LogP contribution in [0.15, 0.2) is 18.2 Å². The number of benzene rings is 1. The molecule has 0 radical (unpaired) electrons. The average molecular weight is 333 g/mol. The molecule has 0 saturated carbocycles. The third kappa shape index (κ3) is 5.78. The summed E-state index contributed by atoms with van der Waals surface area (Å²) in [5.74, 6) is 0. The summed E-state index contributed by atoms with van der Waals surface area (Å²) >= 11 is 0. The van der Waals surface area contributed by atoms with E-state index in [1.807, 2.05) is 0 Å². The van der Waals surface area contributed by atoms with Crippen molar-refractivity contribution >= 4 is 24.8 Å². The molecule has 1 heterocycles. The monoisotopic (exact) mass is 332 g/mol. The van der Waals surface area contributed by atoms with Gasteiger partial charge < -0.3 is 5.32 Å². The molecule has 0 aromatic heterocycles. The van der Waals surface area contributed by atoms with Crippen LogP contribution in [0.4, 0.5) is 0 Å². The number of hydrogen-bond donors (Lipinski definition) is 1. The third-order valence-electron chi connectivity index (χ3n) is 4.21. The Morgan fingerprint density at radius 3 is 2.38 bits per heavy atom. The average Bonchev–Trinajstić information content (AvgIpc) is 2.42. The van der Waals surface area contributed by atoms with Crippen molar-refractivity contribution < 1.29 is 0 Å². The number of hydrogen-bond acceptors (Lipinski definition) is 2. The maximum Gasteiger partial charge on any atom is 0.0351 e. The van der Waals surface area contributed by atoms with E-state index in [0.29, 0.717) is 6.04 Å². The Hall–Kier alpha value is -0.280. The Bertz CT molecular complexity index is 404. The Morgan fingerprint density at radius 1 is 1.14 bits per heavy atom. The van der Waals surface area contributed by atoms with Crippen molar-refractivity contribution in [2.24, 2.45) is 0 Å². The van der Waals surface area contributed by atoms with Crippen molar-refractivity contribution in [3.05, 3.63) is 34.9 Å². The number of rotatable bonds is 5. The fraction of sp³-hybridized carbons (Fsp3) is 0.647. The van der Waals surface area contributed by atoms with Gasteiger partial charge in [0.25, 0.3) is 0 Å². The van der Waals surface area contributed by atoms with Gasteiger partial charge in [-0.2, -0.15) is 0 Å². The fourth-order valence-corrected chi connectivity index (χ4v) is 3.13. The van der Waals surface area contributed by atoms with Crippen LogP contribution in [-0.4, -0.2) is 31.1 Å². The van der Waals surface area contributed by atoms with Crippen molar-refractivity contribution in [3.63, 3.8) is 0 Å². The predicted octanol–water partition coefficient (Wildman–Crippen LogP) is 4.28. The number of aryl methyl sites for hydroxylation is 2. The van der Waals surface area contributed by atoms with Crippen LogP contribution < -0.4 is 5.32 Å². The standard InChI is InChI=1S/C17H28N2.2ClH/c1-4-5-6-17(19-11-9-18-10-12-19)16-8-7-14(2)13-15(16)3;;/h7-8,13,17-18H,4-6,9-12H2,1-3H3;2*1H/t17-;;/m0../s1. The van der Waals surface area contributed by atoms with Gasteiger partial charge in [-0.1, -0.05) is 43.5 Å². The first kappa shape index (κ1) is 20.7. The minimum atomic E-state index is 0. The third-order valence-corrected chi connectivity index (χ3v) is 4.21. The van der Waals surface area contributed by atoms with E-state index in [4.69, 9.17) is 0 Å². The molecule has 0 aliphatic carbocycles. The highest BCUT2D eigenvalue weighted by molar-refractivity contribution is 5.85. The van der Waals surface area contributed by atoms with Gasteiger partial charge in [0.05, 0.1) is 0 Å². The number of nitrogens with zero attached hydrogens (tertiary/aromatic N) is 1. The molecule has 2 nitrogen and oxygen atoms in total. The molecule has 0 bridgehead atoms. The van der Waals surface area contributed by atoms with Gasteiger partial charge in [0, 0.05) is 32.2 Å². The van der Waals surface area contributed by atoms with Gasteiger partial charge in [-0.3, -0.25) is 4.90 Å². The summed E-state index contributed by atoms with van der Waals surface area (Å²) in [6, 6.07) is 7.56. The summed E-state index contributed by atoms with van der Waals surface area (Å²) in [5.41, 5.74) is 4.37. The number of nitrogens with one attached hydrogen (secondary N) is 1. The zero-order valence-corrected chi connectivity index (χ0v) is 15.2. The van der Waals surface area contributed by atoms with Crippen LogP contribution >= 0.6 is 24.8 Å². The van der Waals surface area contributed by atoms with Crippen LogP contribution in [0.5, 0.6) is 0 Å². The highest BCUT2D eigenvalue weighted by Crippen LogP contribution is 2.29. The normalized spacial score (nSPS) is 16.7. The predicted molar refractivity (Wildman–Crippen MR) is 97.1 cm³/mol. The number of unbranched alkanes of at least 4 members (excludes halogenated alkanes) is 1. The van der Waals surface area contributed by atoms with Gasteiger partial charge in [0.2, 0.25) is 0 Å². The molecule has 0 unspecified atom stereocenters. The topological polar surface area (TPSA) is 15.3 Å². The minimum Gasteiger partial charge on any atom is -0.314 e. The van der Waals surface area contributed by atoms with E-state index in [0.717, 1.165) is 13.1 Å². The fourth-order valence-electron chi connectivity index (χ4n) is 3.13. The molecule has 1 aromatic rings. The first-order chi connectivity index (χ1) is 9.22. The second-order valence-electron chi connectivity index (χ2n) is 5.80. The van der Waals surface area contributed by atoms with Crippen molar-refractivity contribution in [2.45, 2.75) is 46.1 Å². The van der Waals surface area contributed by atoms with E-state index in [9.17, 15) is 0 Å². The molecule has 4 heteroatoms. The zero-order valence-electron chi connectivity index (χ0n) is 13.5. The molecule has 1 saturated heterocycles. The molecule has 0 amide bonds. The molecule has 1 fully saturated rings. The molecule has 21 heavy (non-hydrogen) atoms. The molecule has 1 atom stereocenters. The summed E-state index contributed by atoms with van der Waals surface area (Å²) in [6.07, 6.45) is 3.90. The molecule has 1 N–H and O–H groups in total. The second-order valence-corrected chi connectivity index (χ2v) is 5.80. The first-order valence-electron chi connectivity index (χ1n) is 7.74. The van der Waals surface area contributed by atoms with Crippen molar-refractivity contribution in [1.82, 2.24) is 10.2 Å². The lowest BCUT2D eigenvalue weighted by atomic mass is 9.94. The maximum atomic E-state index is 3.46. The van der Waals surface area contributed by atoms with Gasteiger partial charge in [0.1, 0.15) is 0 Å². The smallest absolute Gasteiger partial charge is 0.0351 e. The van der Waals surface area contributed by atoms with E-state index < -0.39 is 0 Å². The molecule has 122 valence electrons. The lowest BCUT2D eigenvalue weighted by molar-refractivity contribution is 0.162. The van der Waals surface area contributed by atoms with Gasteiger partial charge in [0.15, 0.2) is 0 Å². The lowest BCUT2D eigenvalue weighted by Crippen LogP contribution is -2.45. The molecule has 1 aliphatic heterocycles. The van der Waals surface area contributed by atoms with Crippen molar-refractivity contribution in [1.29, 1.82) is 0 Å². The van der Waals surface area contributed by atoms with Crippen LogP contribution in [0.2, 0.25) is 0 Å². The molecule has 1 aliphatic rings. The number of piperazine rings is 1. The van der Waals surface area contributed by atoms with Gasteiger partial charge in [-0.25, -0.2) is 0 Å². The zero-order chi connectivity index (χ0) is 13.7. The van der Waals surface area contributed by atoms with E-state index in [-0.39, 0.29) is 24.8 Å². The highest BCUT2D eigenvalue weighted by atomic mass is 35.5. The molecular weight excluding hydrogens is 303 g/mol. The lowest BCUT2D eigenvalue weighted by Gasteiger charge is -2.36. The Kier molecular flexibility index (Phi) is 10.3. The van der Waals surface area contributed by atoms with Crippen LogP contribution in [0.25, 0.3) is 0 Å². The van der Waals surface area contributed by atoms with Crippen LogP contribution in [0, 0.1) is 13.8 Å². The first-order valence-corrected chi connectivity index (χ1v) is 7.74. The SMILES string of the molecule is CCCC[C@@H](c1ccc(C)cc1C)N1CCNCC1.Cl.Cl. The van der Waals surface area contributed by atoms with E-state index in [1.54, 1.807) is 5.56 Å². The van der Waals surface area contributed by atoms with Crippen LogP contribution in [-0.2, 0) is 0 Å². The van der Waals surface area contributed by atoms with Gasteiger partial charge in [-0.15, -0.1) is 24.8 Å². The summed E-state index contributed by atoms with van der Waals surface area (Å²) in [7, 11) is 0. The van der Waals surface area contributed by atoms with Crippen LogP contribution in [0.3, 0.4) is 0 Å². The molecule has 0 spiro atoms. The summed E-state index contributed by atoms with van der Waals surface area (Å²) in [6.45, 7) is 11.4. The summed E-state index contributed by atoms with van der Waals surface area (Å²) < 4.78 is 0. The highest BCUT2D eigenvalue weighted by Gasteiger charge is 2.22. The van der Waals surface area contributed by atoms with Crippen molar-refractivity contribution in [3.8, 4) is 0 Å². The van der Waals surface area contributed by atoms with Gasteiger partial charge in [-0.05, 0) is 31.4 Å². The Morgan fingerprint density at radius 2 is 1.81 bits per heavy atom. The molecule has 2 rings (SSSR count). The van der Waals surface area contributed by atoms with Crippen molar-refractivity contribution in [2.75, 3.05) is 26.2 Å². The second kappa shape index (κ2) is 10.4. The van der Waals surface area contributed by atoms with E-state index >= 15 is 0 Å². The van der Waals surface area contributed by atoms with E-state index in [1.165, 1.54) is 43.5 Å². The summed E-state index contributed by atoms with van der Waals surface area (Å²) in [5, 5.41) is 3.46. The van der Waals surface area contributed by atoms with E-state index in [2.05, 4.69) is 49.2 Å². The quantitative estimate of drug-likeness (QED) is 0.865. The summed E-state index contributed by atoms with van der Waals surface area (Å²) in [4.78, 5) is 2.67. The largest absolute Gasteiger partial charge is 0.314 e. The van der Waals surface area contributed by atoms with Crippen LogP contribution in [0.1, 0.15) is 48.9 Å². The Balaban J connectivity index is 0.00000200. The minimum absolute atomic E-state index is 0. The van der Waals surface area contributed by atoms with Gasteiger partial charge >= 0.3 is 0 Å². The molecule has 1 aromatic carbocycles. The number of halogens is 2. The Labute approximate surface area is 142 Å².